The number of carbonyl (C=O) groups excluding carboxylic acids is 1. The molecule has 0 aromatic rings. The van der Waals surface area contributed by atoms with Crippen LogP contribution in [0.4, 0.5) is 0 Å². The fourth-order valence-electron chi connectivity index (χ4n) is 0.610. The molecule has 54 valence electrons. The Morgan fingerprint density at radius 2 is 1.78 bits per heavy atom. The van der Waals surface area contributed by atoms with E-state index in [4.69, 9.17) is 5.11 Å². The number of aliphatic hydroxyl groups excluding tert-OH is 1. The van der Waals surface area contributed by atoms with E-state index in [1.54, 1.807) is 0 Å². The molecule has 0 aromatic carbocycles. The highest BCUT2D eigenvalue weighted by Gasteiger charge is 2.25. The molecule has 2 heteroatoms. The third-order valence-corrected chi connectivity index (χ3v) is 1.21. The minimum absolute atomic E-state index is 0.164. The van der Waals surface area contributed by atoms with Crippen LogP contribution in [0.3, 0.4) is 0 Å². The van der Waals surface area contributed by atoms with Crippen molar-refractivity contribution in [2.24, 2.45) is 5.41 Å². The van der Waals surface area contributed by atoms with Crippen LogP contribution in [0.5, 0.6) is 0 Å². The van der Waals surface area contributed by atoms with Gasteiger partial charge in [-0.15, -0.1) is 0 Å². The molecule has 0 aliphatic carbocycles. The van der Waals surface area contributed by atoms with Crippen LogP contribution in [-0.4, -0.2) is 17.0 Å². The average molecular weight is 130 g/mol. The van der Waals surface area contributed by atoms with Crippen LogP contribution < -0.4 is 0 Å². The molecule has 0 radical (unpaired) electrons. The largest absolute Gasteiger partial charge is 0.385 e. The van der Waals surface area contributed by atoms with Crippen molar-refractivity contribution in [3.05, 3.63) is 0 Å². The van der Waals surface area contributed by atoms with E-state index in [2.05, 4.69) is 0 Å². The van der Waals surface area contributed by atoms with Crippen molar-refractivity contribution in [2.75, 3.05) is 0 Å². The Morgan fingerprint density at radius 3 is 1.78 bits per heavy atom. The van der Waals surface area contributed by atoms with Gasteiger partial charge in [-0.1, -0.05) is 20.8 Å². The predicted molar refractivity (Wildman–Crippen MR) is 36.1 cm³/mol. The second kappa shape index (κ2) is 2.48. The smallest absolute Gasteiger partial charge is 0.158 e. The Hall–Kier alpha value is -0.370. The molecular weight excluding hydrogens is 116 g/mol. The van der Waals surface area contributed by atoms with Gasteiger partial charge in [-0.2, -0.15) is 0 Å². The van der Waals surface area contributed by atoms with Gasteiger partial charge in [-0.25, -0.2) is 0 Å². The molecule has 1 atom stereocenters. The minimum Gasteiger partial charge on any atom is -0.385 e. The van der Waals surface area contributed by atoms with E-state index >= 15 is 0 Å². The van der Waals surface area contributed by atoms with Gasteiger partial charge in [0.05, 0.1) is 0 Å². The number of Topliss-reactive ketones (excluding diaryl/α,β-unsaturated/α-hetero) is 1. The molecule has 2 nitrogen and oxygen atoms in total. The number of aliphatic hydroxyl groups is 1. The first-order valence-electron chi connectivity index (χ1n) is 3.04. The highest BCUT2D eigenvalue weighted by molar-refractivity contribution is 5.80. The SMILES string of the molecule is CC(=O)C(O)C(C)(C)C. The summed E-state index contributed by atoms with van der Waals surface area (Å²) >= 11 is 0. The van der Waals surface area contributed by atoms with Crippen LogP contribution in [-0.2, 0) is 4.79 Å². The highest BCUT2D eigenvalue weighted by Crippen LogP contribution is 2.18. The molecule has 0 rings (SSSR count). The molecule has 1 unspecified atom stereocenters. The Labute approximate surface area is 55.9 Å². The Bertz CT molecular complexity index is 111. The number of hydrogen-bond acceptors (Lipinski definition) is 2. The second-order valence-corrected chi connectivity index (χ2v) is 3.38. The molecule has 0 heterocycles. The second-order valence-electron chi connectivity index (χ2n) is 3.38. The normalized spacial score (nSPS) is 15.2. The molecule has 0 saturated heterocycles. The molecular formula is C7H14O2. The molecule has 0 amide bonds. The van der Waals surface area contributed by atoms with Gasteiger partial charge in [0, 0.05) is 0 Å². The quantitative estimate of drug-likeness (QED) is 0.574. The van der Waals surface area contributed by atoms with Crippen LogP contribution in [0.15, 0.2) is 0 Å². The van der Waals surface area contributed by atoms with Crippen molar-refractivity contribution in [3.8, 4) is 0 Å². The van der Waals surface area contributed by atoms with Gasteiger partial charge < -0.3 is 5.11 Å². The van der Waals surface area contributed by atoms with Crippen LogP contribution in [0.2, 0.25) is 0 Å². The molecule has 0 aliphatic rings. The molecule has 1 N–H and O–H groups in total. The lowest BCUT2D eigenvalue weighted by Crippen LogP contribution is -2.32. The molecule has 0 bridgehead atoms. The monoisotopic (exact) mass is 130 g/mol. The van der Waals surface area contributed by atoms with Crippen LogP contribution >= 0.6 is 0 Å². The van der Waals surface area contributed by atoms with Crippen LogP contribution in [0.1, 0.15) is 27.7 Å². The van der Waals surface area contributed by atoms with Gasteiger partial charge in [0.1, 0.15) is 6.10 Å². The highest BCUT2D eigenvalue weighted by atomic mass is 16.3. The molecule has 0 saturated carbocycles. The zero-order valence-corrected chi connectivity index (χ0v) is 6.43. The van der Waals surface area contributed by atoms with Gasteiger partial charge >= 0.3 is 0 Å². The van der Waals surface area contributed by atoms with Gasteiger partial charge in [-0.3, -0.25) is 4.79 Å². The zero-order valence-electron chi connectivity index (χ0n) is 6.43. The third kappa shape index (κ3) is 2.61. The summed E-state index contributed by atoms with van der Waals surface area (Å²) in [5, 5.41) is 9.11. The van der Waals surface area contributed by atoms with Crippen molar-refractivity contribution < 1.29 is 9.90 Å². The summed E-state index contributed by atoms with van der Waals surface area (Å²) in [6.45, 7) is 6.90. The van der Waals surface area contributed by atoms with Crippen LogP contribution in [0.25, 0.3) is 0 Å². The standard InChI is InChI=1S/C7H14O2/c1-5(8)6(9)7(2,3)4/h6,9H,1-4H3. The van der Waals surface area contributed by atoms with E-state index in [9.17, 15) is 4.79 Å². The Balaban J connectivity index is 4.04. The maximum Gasteiger partial charge on any atom is 0.158 e. The number of rotatable bonds is 1. The molecule has 0 fully saturated rings. The summed E-state index contributed by atoms with van der Waals surface area (Å²) in [6.07, 6.45) is -0.822. The van der Waals surface area contributed by atoms with E-state index in [0.717, 1.165) is 0 Å². The van der Waals surface area contributed by atoms with Gasteiger partial charge in [0.2, 0.25) is 0 Å². The number of carbonyl (C=O) groups is 1. The Morgan fingerprint density at radius 1 is 1.44 bits per heavy atom. The number of ketones is 1. The summed E-state index contributed by atoms with van der Waals surface area (Å²) in [7, 11) is 0. The summed E-state index contributed by atoms with van der Waals surface area (Å²) in [4.78, 5) is 10.5. The van der Waals surface area contributed by atoms with Crippen molar-refractivity contribution in [3.63, 3.8) is 0 Å². The topological polar surface area (TPSA) is 37.3 Å². The summed E-state index contributed by atoms with van der Waals surface area (Å²) in [5.74, 6) is -0.164. The lowest BCUT2D eigenvalue weighted by Gasteiger charge is -2.22. The van der Waals surface area contributed by atoms with E-state index in [1.807, 2.05) is 20.8 Å². The first-order chi connectivity index (χ1) is 3.85. The van der Waals surface area contributed by atoms with Crippen molar-refractivity contribution >= 4 is 5.78 Å². The van der Waals surface area contributed by atoms with Gasteiger partial charge in [-0.05, 0) is 12.3 Å². The average Bonchev–Trinajstić information content (AvgIpc) is 1.62. The maximum atomic E-state index is 10.5. The van der Waals surface area contributed by atoms with E-state index in [1.165, 1.54) is 6.92 Å². The first kappa shape index (κ1) is 8.63. The fraction of sp³-hybridized carbons (Fsp3) is 0.857. The number of hydrogen-bond donors (Lipinski definition) is 1. The van der Waals surface area contributed by atoms with Crippen molar-refractivity contribution in [1.29, 1.82) is 0 Å². The van der Waals surface area contributed by atoms with E-state index in [0.29, 0.717) is 0 Å². The third-order valence-electron chi connectivity index (χ3n) is 1.21. The summed E-state index contributed by atoms with van der Waals surface area (Å²) < 4.78 is 0. The van der Waals surface area contributed by atoms with Crippen molar-refractivity contribution in [2.45, 2.75) is 33.8 Å². The molecule has 0 aliphatic heterocycles. The predicted octanol–water partition coefficient (Wildman–Crippen LogP) is 0.982. The first-order valence-corrected chi connectivity index (χ1v) is 3.04. The summed E-state index contributed by atoms with van der Waals surface area (Å²) in [6, 6.07) is 0. The van der Waals surface area contributed by atoms with Gasteiger partial charge in [0.25, 0.3) is 0 Å². The van der Waals surface area contributed by atoms with Crippen LogP contribution in [0, 0.1) is 5.41 Å². The van der Waals surface area contributed by atoms with E-state index < -0.39 is 6.10 Å². The Kier molecular flexibility index (Phi) is 2.38. The fourth-order valence-corrected chi connectivity index (χ4v) is 0.610. The molecule has 0 aromatic heterocycles. The lowest BCUT2D eigenvalue weighted by molar-refractivity contribution is -0.129. The molecule has 0 spiro atoms. The zero-order chi connectivity index (χ0) is 7.65. The summed E-state index contributed by atoms with van der Waals surface area (Å²) in [5.41, 5.74) is -0.314. The minimum atomic E-state index is -0.822. The van der Waals surface area contributed by atoms with Crippen molar-refractivity contribution in [1.82, 2.24) is 0 Å². The lowest BCUT2D eigenvalue weighted by atomic mass is 9.87. The maximum absolute atomic E-state index is 10.5. The van der Waals surface area contributed by atoms with E-state index in [-0.39, 0.29) is 11.2 Å². The molecule has 9 heavy (non-hydrogen) atoms. The van der Waals surface area contributed by atoms with Gasteiger partial charge in [0.15, 0.2) is 5.78 Å².